The molecule has 0 aromatic heterocycles. The van der Waals surface area contributed by atoms with Gasteiger partial charge in [-0.2, -0.15) is 5.26 Å². The van der Waals surface area contributed by atoms with E-state index in [1.54, 1.807) is 18.0 Å². The van der Waals surface area contributed by atoms with Crippen LogP contribution in [0.15, 0.2) is 24.3 Å². The molecule has 1 aromatic rings. The standard InChI is InChI=1S/C15H17FN2O/c1-18(14(19)15(11-17)7-3-8-15)9-6-12-4-2-5-13(16)10-12/h2,4-5,10H,3,6-9H2,1H3. The second-order valence-electron chi connectivity index (χ2n) is 5.15. The Labute approximate surface area is 112 Å². The summed E-state index contributed by atoms with van der Waals surface area (Å²) in [7, 11) is 1.71. The van der Waals surface area contributed by atoms with E-state index < -0.39 is 5.41 Å². The van der Waals surface area contributed by atoms with Gasteiger partial charge in [0.15, 0.2) is 0 Å². The molecule has 1 aromatic carbocycles. The summed E-state index contributed by atoms with van der Waals surface area (Å²) in [6, 6.07) is 8.53. The van der Waals surface area contributed by atoms with Crippen molar-refractivity contribution < 1.29 is 9.18 Å². The van der Waals surface area contributed by atoms with E-state index in [0.717, 1.165) is 12.0 Å². The minimum absolute atomic E-state index is 0.0994. The molecule has 4 heteroatoms. The van der Waals surface area contributed by atoms with E-state index in [1.165, 1.54) is 12.1 Å². The van der Waals surface area contributed by atoms with Gasteiger partial charge in [-0.1, -0.05) is 12.1 Å². The third-order valence-corrected chi connectivity index (χ3v) is 3.80. The lowest BCUT2D eigenvalue weighted by molar-refractivity contribution is -0.141. The fraction of sp³-hybridized carbons (Fsp3) is 0.467. The molecule has 2 rings (SSSR count). The lowest BCUT2D eigenvalue weighted by atomic mass is 9.69. The highest BCUT2D eigenvalue weighted by Crippen LogP contribution is 2.41. The summed E-state index contributed by atoms with van der Waals surface area (Å²) in [6.45, 7) is 0.506. The van der Waals surface area contributed by atoms with Crippen LogP contribution in [0.3, 0.4) is 0 Å². The Kier molecular flexibility index (Phi) is 3.84. The van der Waals surface area contributed by atoms with Crippen LogP contribution in [-0.2, 0) is 11.2 Å². The molecule has 0 aliphatic heterocycles. The fourth-order valence-corrected chi connectivity index (χ4v) is 2.36. The molecule has 1 fully saturated rings. The molecule has 0 N–H and O–H groups in total. The Morgan fingerprint density at radius 2 is 2.26 bits per heavy atom. The number of carbonyl (C=O) groups excluding carboxylic acids is 1. The van der Waals surface area contributed by atoms with E-state index in [9.17, 15) is 9.18 Å². The van der Waals surface area contributed by atoms with E-state index in [4.69, 9.17) is 5.26 Å². The first-order valence-corrected chi connectivity index (χ1v) is 6.49. The Bertz CT molecular complexity index is 517. The van der Waals surface area contributed by atoms with Crippen LogP contribution in [0.1, 0.15) is 24.8 Å². The fourth-order valence-electron chi connectivity index (χ4n) is 2.36. The van der Waals surface area contributed by atoms with Crippen molar-refractivity contribution in [1.29, 1.82) is 5.26 Å². The number of likely N-dealkylation sites (N-methyl/N-ethyl adjacent to an activating group) is 1. The maximum atomic E-state index is 13.0. The molecule has 0 bridgehead atoms. The summed E-state index contributed by atoms with van der Waals surface area (Å²) in [5.41, 5.74) is 0.0655. The van der Waals surface area contributed by atoms with Gasteiger partial charge in [-0.05, 0) is 43.4 Å². The van der Waals surface area contributed by atoms with Gasteiger partial charge in [-0.15, -0.1) is 0 Å². The second-order valence-corrected chi connectivity index (χ2v) is 5.15. The minimum Gasteiger partial charge on any atom is -0.344 e. The van der Waals surface area contributed by atoms with E-state index >= 15 is 0 Å². The normalized spacial score (nSPS) is 16.3. The number of nitriles is 1. The van der Waals surface area contributed by atoms with Gasteiger partial charge >= 0.3 is 0 Å². The summed E-state index contributed by atoms with van der Waals surface area (Å²) in [6.07, 6.45) is 2.86. The van der Waals surface area contributed by atoms with Crippen molar-refractivity contribution in [3.8, 4) is 6.07 Å². The molecule has 1 aliphatic rings. The summed E-state index contributed by atoms with van der Waals surface area (Å²) in [5, 5.41) is 9.13. The van der Waals surface area contributed by atoms with Crippen molar-refractivity contribution >= 4 is 5.91 Å². The van der Waals surface area contributed by atoms with Crippen LogP contribution in [-0.4, -0.2) is 24.4 Å². The highest BCUT2D eigenvalue weighted by Gasteiger charge is 2.45. The number of hydrogen-bond donors (Lipinski definition) is 0. The molecular formula is C15H17FN2O. The van der Waals surface area contributed by atoms with Gasteiger partial charge in [0.1, 0.15) is 11.2 Å². The third-order valence-electron chi connectivity index (χ3n) is 3.80. The van der Waals surface area contributed by atoms with Gasteiger partial charge in [-0.25, -0.2) is 4.39 Å². The molecule has 100 valence electrons. The molecule has 0 atom stereocenters. The van der Waals surface area contributed by atoms with Gasteiger partial charge in [0.2, 0.25) is 5.91 Å². The number of carbonyl (C=O) groups is 1. The number of benzene rings is 1. The van der Waals surface area contributed by atoms with Gasteiger partial charge in [-0.3, -0.25) is 4.79 Å². The average molecular weight is 260 g/mol. The van der Waals surface area contributed by atoms with E-state index in [2.05, 4.69) is 6.07 Å². The van der Waals surface area contributed by atoms with Crippen molar-refractivity contribution in [3.63, 3.8) is 0 Å². The smallest absolute Gasteiger partial charge is 0.242 e. The van der Waals surface area contributed by atoms with Crippen molar-refractivity contribution in [2.75, 3.05) is 13.6 Å². The van der Waals surface area contributed by atoms with Crippen LogP contribution in [0.25, 0.3) is 0 Å². The van der Waals surface area contributed by atoms with Gasteiger partial charge in [0, 0.05) is 13.6 Å². The van der Waals surface area contributed by atoms with Crippen LogP contribution in [0.2, 0.25) is 0 Å². The zero-order valence-corrected chi connectivity index (χ0v) is 11.0. The largest absolute Gasteiger partial charge is 0.344 e. The maximum absolute atomic E-state index is 13.0. The van der Waals surface area contributed by atoms with Gasteiger partial charge < -0.3 is 4.90 Å². The number of rotatable bonds is 4. The highest BCUT2D eigenvalue weighted by molar-refractivity contribution is 5.86. The molecule has 0 saturated heterocycles. The lowest BCUT2D eigenvalue weighted by Gasteiger charge is -2.36. The SMILES string of the molecule is CN(CCc1cccc(F)c1)C(=O)C1(C#N)CCC1. The topological polar surface area (TPSA) is 44.1 Å². The summed E-state index contributed by atoms with van der Waals surface area (Å²) in [4.78, 5) is 13.8. The molecule has 0 heterocycles. The first-order chi connectivity index (χ1) is 9.07. The van der Waals surface area contributed by atoms with Crippen molar-refractivity contribution in [1.82, 2.24) is 4.90 Å². The third kappa shape index (κ3) is 2.76. The van der Waals surface area contributed by atoms with Crippen LogP contribution in [0.5, 0.6) is 0 Å². The molecule has 0 spiro atoms. The number of nitrogens with zero attached hydrogens (tertiary/aromatic N) is 2. The predicted molar refractivity (Wildman–Crippen MR) is 69.6 cm³/mol. The summed E-state index contributed by atoms with van der Waals surface area (Å²) >= 11 is 0. The van der Waals surface area contributed by atoms with Crippen LogP contribution in [0.4, 0.5) is 4.39 Å². The molecule has 0 radical (unpaired) electrons. The minimum atomic E-state index is -0.795. The average Bonchev–Trinajstić information content (AvgIpc) is 2.35. The monoisotopic (exact) mass is 260 g/mol. The first-order valence-electron chi connectivity index (χ1n) is 6.49. The van der Waals surface area contributed by atoms with Crippen LogP contribution >= 0.6 is 0 Å². The quantitative estimate of drug-likeness (QED) is 0.835. The molecule has 19 heavy (non-hydrogen) atoms. The molecule has 3 nitrogen and oxygen atoms in total. The molecule has 1 saturated carbocycles. The van der Waals surface area contributed by atoms with E-state index in [-0.39, 0.29) is 11.7 Å². The zero-order chi connectivity index (χ0) is 13.9. The highest BCUT2D eigenvalue weighted by atomic mass is 19.1. The lowest BCUT2D eigenvalue weighted by Crippen LogP contribution is -2.46. The number of halogens is 1. The molecule has 1 amide bonds. The first kappa shape index (κ1) is 13.5. The zero-order valence-electron chi connectivity index (χ0n) is 11.0. The number of amides is 1. The van der Waals surface area contributed by atoms with Crippen molar-refractivity contribution in [2.45, 2.75) is 25.7 Å². The van der Waals surface area contributed by atoms with E-state index in [1.807, 2.05) is 6.07 Å². The second kappa shape index (κ2) is 5.40. The van der Waals surface area contributed by atoms with Gasteiger partial charge in [0.05, 0.1) is 6.07 Å². The van der Waals surface area contributed by atoms with Crippen molar-refractivity contribution in [3.05, 3.63) is 35.6 Å². The predicted octanol–water partition coefficient (Wildman–Crippen LogP) is 2.52. The maximum Gasteiger partial charge on any atom is 0.242 e. The Balaban J connectivity index is 1.93. The van der Waals surface area contributed by atoms with Crippen LogP contribution < -0.4 is 0 Å². The Morgan fingerprint density at radius 3 is 2.79 bits per heavy atom. The number of hydrogen-bond acceptors (Lipinski definition) is 2. The van der Waals surface area contributed by atoms with Gasteiger partial charge in [0.25, 0.3) is 0 Å². The molecule has 0 unspecified atom stereocenters. The Morgan fingerprint density at radius 1 is 1.53 bits per heavy atom. The molecule has 1 aliphatic carbocycles. The van der Waals surface area contributed by atoms with Crippen molar-refractivity contribution in [2.24, 2.45) is 5.41 Å². The van der Waals surface area contributed by atoms with E-state index in [0.29, 0.717) is 25.8 Å². The molecular weight excluding hydrogens is 243 g/mol. The Hall–Kier alpha value is -1.89. The summed E-state index contributed by atoms with van der Waals surface area (Å²) < 4.78 is 13.0. The summed E-state index contributed by atoms with van der Waals surface area (Å²) in [5.74, 6) is -0.364. The van der Waals surface area contributed by atoms with Crippen LogP contribution in [0, 0.1) is 22.6 Å².